The summed E-state index contributed by atoms with van der Waals surface area (Å²) in [6.45, 7) is 9.35. The average molecular weight is 378 g/mol. The number of fused-ring (bicyclic) bond motifs is 1. The Bertz CT molecular complexity index is 789. The fourth-order valence-electron chi connectivity index (χ4n) is 3.02. The average Bonchev–Trinajstić information content (AvgIpc) is 3.00. The third-order valence-corrected chi connectivity index (χ3v) is 5.93. The number of carbonyl (C=O) groups excluding carboxylic acids is 1. The fraction of sp³-hybridized carbons (Fsp3) is 0.579. The molecule has 0 unspecified atom stereocenters. The van der Waals surface area contributed by atoms with Gasteiger partial charge >= 0.3 is 6.09 Å². The minimum absolute atomic E-state index is 0.0417. The quantitative estimate of drug-likeness (QED) is 0.801. The van der Waals surface area contributed by atoms with E-state index in [9.17, 15) is 4.79 Å². The Hall–Kier alpha value is -1.89. The first-order valence-electron chi connectivity index (χ1n) is 8.87. The molecule has 1 aliphatic rings. The Morgan fingerprint density at radius 1 is 1.31 bits per heavy atom. The van der Waals surface area contributed by atoms with E-state index in [0.29, 0.717) is 13.1 Å². The number of hydrogen-bond acceptors (Lipinski definition) is 5. The van der Waals surface area contributed by atoms with Crippen LogP contribution in [0, 0.1) is 0 Å². The van der Waals surface area contributed by atoms with Gasteiger partial charge in [0.1, 0.15) is 17.0 Å². The Balaban J connectivity index is 1.69. The maximum atomic E-state index is 12.3. The van der Waals surface area contributed by atoms with Gasteiger partial charge in [0.15, 0.2) is 0 Å². The Morgan fingerprint density at radius 2 is 2.00 bits per heavy atom. The number of nitrogens with zero attached hydrogens (tertiary/aromatic N) is 3. The molecule has 6 nitrogen and oxygen atoms in total. The molecule has 3 rings (SSSR count). The van der Waals surface area contributed by atoms with Crippen molar-refractivity contribution in [3.05, 3.63) is 24.7 Å². The van der Waals surface area contributed by atoms with Gasteiger partial charge in [0.25, 0.3) is 0 Å². The van der Waals surface area contributed by atoms with Crippen molar-refractivity contribution in [1.82, 2.24) is 14.3 Å². The number of methoxy groups -OCH3 is 1. The Kier molecular flexibility index (Phi) is 5.10. The third kappa shape index (κ3) is 4.26. The fourth-order valence-corrected chi connectivity index (χ4v) is 4.34. The van der Waals surface area contributed by atoms with Gasteiger partial charge in [-0.15, -0.1) is 11.8 Å². The van der Waals surface area contributed by atoms with Crippen LogP contribution in [-0.4, -0.2) is 50.9 Å². The van der Waals surface area contributed by atoms with Crippen LogP contribution in [0.15, 0.2) is 29.6 Å². The van der Waals surface area contributed by atoms with Crippen LogP contribution in [0.1, 0.15) is 40.5 Å². The molecule has 1 amide bonds. The van der Waals surface area contributed by atoms with Crippen LogP contribution in [0.2, 0.25) is 0 Å². The lowest BCUT2D eigenvalue weighted by atomic mass is 9.98. The zero-order chi connectivity index (χ0) is 18.9. The van der Waals surface area contributed by atoms with E-state index in [-0.39, 0.29) is 10.8 Å². The molecular formula is C19H27N3O3S. The number of ether oxygens (including phenoxy) is 2. The molecule has 0 bridgehead atoms. The van der Waals surface area contributed by atoms with Gasteiger partial charge in [-0.3, -0.25) is 0 Å². The Labute approximate surface area is 158 Å². The monoisotopic (exact) mass is 377 g/mol. The molecular weight excluding hydrogens is 350 g/mol. The topological polar surface area (TPSA) is 56.1 Å². The number of piperidine rings is 1. The summed E-state index contributed by atoms with van der Waals surface area (Å²) in [6.07, 6.45) is 7.37. The number of hydrogen-bond donors (Lipinski definition) is 0. The summed E-state index contributed by atoms with van der Waals surface area (Å²) in [5.41, 5.74) is 0.413. The molecule has 0 aliphatic carbocycles. The van der Waals surface area contributed by atoms with E-state index in [2.05, 4.69) is 18.1 Å². The van der Waals surface area contributed by atoms with E-state index < -0.39 is 5.60 Å². The number of imidazole rings is 1. The summed E-state index contributed by atoms with van der Waals surface area (Å²) in [5.74, 6) is 0.837. The molecule has 3 heterocycles. The zero-order valence-electron chi connectivity index (χ0n) is 16.1. The standard InChI is InChI=1S/C19H27N3O3S/c1-18(2,3)25-17(23)21-9-6-19(4,7-10-21)26-15-13-22-11-8-20-16(22)12-14(15)24-5/h8,11-13H,6-7,9-10H2,1-5H3. The van der Waals surface area contributed by atoms with Gasteiger partial charge in [-0.05, 0) is 40.5 Å². The molecule has 2 aromatic rings. The number of carbonyl (C=O) groups is 1. The van der Waals surface area contributed by atoms with E-state index in [4.69, 9.17) is 9.47 Å². The van der Waals surface area contributed by atoms with Crippen LogP contribution in [-0.2, 0) is 4.74 Å². The van der Waals surface area contributed by atoms with E-state index in [0.717, 1.165) is 29.1 Å². The maximum absolute atomic E-state index is 12.3. The van der Waals surface area contributed by atoms with Crippen LogP contribution in [0.4, 0.5) is 4.79 Å². The third-order valence-electron chi connectivity index (χ3n) is 4.51. The van der Waals surface area contributed by atoms with Gasteiger partial charge in [0.05, 0.1) is 12.0 Å². The molecule has 0 aromatic carbocycles. The molecule has 0 radical (unpaired) electrons. The zero-order valence-corrected chi connectivity index (χ0v) is 16.9. The smallest absolute Gasteiger partial charge is 0.410 e. The molecule has 1 saturated heterocycles. The van der Waals surface area contributed by atoms with Crippen LogP contribution in [0.25, 0.3) is 5.65 Å². The summed E-state index contributed by atoms with van der Waals surface area (Å²) in [7, 11) is 1.69. The SMILES string of the molecule is COc1cc2nccn2cc1SC1(C)CCN(C(=O)OC(C)(C)C)CC1. The summed E-state index contributed by atoms with van der Waals surface area (Å²) in [4.78, 5) is 19.5. The van der Waals surface area contributed by atoms with Crippen molar-refractivity contribution in [2.24, 2.45) is 0 Å². The second kappa shape index (κ2) is 7.02. The highest BCUT2D eigenvalue weighted by Gasteiger charge is 2.35. The number of rotatable bonds is 3. The highest BCUT2D eigenvalue weighted by Crippen LogP contribution is 2.44. The van der Waals surface area contributed by atoms with Crippen LogP contribution in [0.3, 0.4) is 0 Å². The molecule has 142 valence electrons. The van der Waals surface area contributed by atoms with Gasteiger partial charge in [0.2, 0.25) is 0 Å². The van der Waals surface area contributed by atoms with Crippen LogP contribution in [0.5, 0.6) is 5.75 Å². The number of thioether (sulfide) groups is 1. The summed E-state index contributed by atoms with van der Waals surface area (Å²) < 4.78 is 13.1. The first-order valence-corrected chi connectivity index (χ1v) is 9.68. The van der Waals surface area contributed by atoms with Crippen molar-refractivity contribution in [1.29, 1.82) is 0 Å². The largest absolute Gasteiger partial charge is 0.495 e. The summed E-state index contributed by atoms with van der Waals surface area (Å²) in [6, 6.07) is 1.96. The Morgan fingerprint density at radius 3 is 2.62 bits per heavy atom. The predicted molar refractivity (Wildman–Crippen MR) is 103 cm³/mol. The molecule has 1 fully saturated rings. The number of aromatic nitrogens is 2. The maximum Gasteiger partial charge on any atom is 0.410 e. The normalized spacial score (nSPS) is 17.3. The minimum atomic E-state index is -0.458. The molecule has 7 heteroatoms. The summed E-state index contributed by atoms with van der Waals surface area (Å²) >= 11 is 1.81. The van der Waals surface area contributed by atoms with Crippen molar-refractivity contribution >= 4 is 23.5 Å². The molecule has 2 aromatic heterocycles. The molecule has 0 N–H and O–H groups in total. The van der Waals surface area contributed by atoms with Crippen molar-refractivity contribution in [2.75, 3.05) is 20.2 Å². The lowest BCUT2D eigenvalue weighted by Gasteiger charge is -2.39. The van der Waals surface area contributed by atoms with Crippen LogP contribution >= 0.6 is 11.8 Å². The van der Waals surface area contributed by atoms with Crippen molar-refractivity contribution < 1.29 is 14.3 Å². The molecule has 1 aliphatic heterocycles. The predicted octanol–water partition coefficient (Wildman–Crippen LogP) is 4.22. The van der Waals surface area contributed by atoms with Gasteiger partial charge in [-0.1, -0.05) is 0 Å². The molecule has 0 atom stereocenters. The van der Waals surface area contributed by atoms with Crippen LogP contribution < -0.4 is 4.74 Å². The van der Waals surface area contributed by atoms with E-state index in [1.807, 2.05) is 54.1 Å². The highest BCUT2D eigenvalue weighted by molar-refractivity contribution is 8.00. The first kappa shape index (κ1) is 18.9. The lowest BCUT2D eigenvalue weighted by Crippen LogP contribution is -2.45. The number of pyridine rings is 1. The number of likely N-dealkylation sites (tertiary alicyclic amines) is 1. The highest BCUT2D eigenvalue weighted by atomic mass is 32.2. The number of amides is 1. The minimum Gasteiger partial charge on any atom is -0.495 e. The summed E-state index contributed by atoms with van der Waals surface area (Å²) in [5, 5.41) is 0. The van der Waals surface area contributed by atoms with Gasteiger partial charge < -0.3 is 18.8 Å². The van der Waals surface area contributed by atoms with Gasteiger partial charge in [-0.25, -0.2) is 9.78 Å². The van der Waals surface area contributed by atoms with E-state index in [1.165, 1.54) is 0 Å². The van der Waals surface area contributed by atoms with Crippen molar-refractivity contribution in [3.63, 3.8) is 0 Å². The van der Waals surface area contributed by atoms with E-state index >= 15 is 0 Å². The van der Waals surface area contributed by atoms with Crippen molar-refractivity contribution in [2.45, 2.75) is 55.8 Å². The molecule has 0 spiro atoms. The second-order valence-electron chi connectivity index (χ2n) is 7.92. The first-order chi connectivity index (χ1) is 12.2. The lowest BCUT2D eigenvalue weighted by molar-refractivity contribution is 0.0201. The van der Waals surface area contributed by atoms with Gasteiger partial charge in [0, 0.05) is 42.5 Å². The molecule has 26 heavy (non-hydrogen) atoms. The second-order valence-corrected chi connectivity index (χ2v) is 9.55. The van der Waals surface area contributed by atoms with E-state index in [1.54, 1.807) is 13.3 Å². The molecule has 0 saturated carbocycles. The van der Waals surface area contributed by atoms with Gasteiger partial charge in [-0.2, -0.15) is 0 Å². The van der Waals surface area contributed by atoms with Crippen molar-refractivity contribution in [3.8, 4) is 5.75 Å².